The Bertz CT molecular complexity index is 1250. The molecule has 0 unspecified atom stereocenters. The molecule has 0 aliphatic carbocycles. The predicted octanol–water partition coefficient (Wildman–Crippen LogP) is 5.92. The number of rotatable bonds is 5. The summed E-state index contributed by atoms with van der Waals surface area (Å²) in [6.45, 7) is 3.10. The summed E-state index contributed by atoms with van der Waals surface area (Å²) in [5.41, 5.74) is -1.81. The lowest BCUT2D eigenvalue weighted by molar-refractivity contribution is -0.143. The van der Waals surface area contributed by atoms with E-state index in [2.05, 4.69) is 10.3 Å². The van der Waals surface area contributed by atoms with Crippen LogP contribution >= 0.6 is 0 Å². The Morgan fingerprint density at radius 1 is 0.969 bits per heavy atom. The van der Waals surface area contributed by atoms with Crippen molar-refractivity contribution in [3.05, 3.63) is 95.9 Å². The lowest BCUT2D eigenvalue weighted by Crippen LogP contribution is -2.30. The van der Waals surface area contributed by atoms with Crippen LogP contribution in [0, 0.1) is 0 Å². The number of nitrogens with one attached hydrogen (secondary N) is 1. The number of anilines is 1. The van der Waals surface area contributed by atoms with Gasteiger partial charge in [0, 0.05) is 17.4 Å². The van der Waals surface area contributed by atoms with Gasteiger partial charge in [-0.15, -0.1) is 0 Å². The summed E-state index contributed by atoms with van der Waals surface area (Å²) >= 11 is 0. The molecule has 32 heavy (non-hydrogen) atoms. The van der Waals surface area contributed by atoms with Gasteiger partial charge in [0.2, 0.25) is 0 Å². The van der Waals surface area contributed by atoms with Crippen molar-refractivity contribution < 1.29 is 22.7 Å². The molecular formula is C24H20F3N3O2. The molecule has 2 aromatic heterocycles. The summed E-state index contributed by atoms with van der Waals surface area (Å²) in [6, 6.07) is 20.2. The molecule has 5 nitrogen and oxygen atoms in total. The van der Waals surface area contributed by atoms with E-state index in [4.69, 9.17) is 4.74 Å². The summed E-state index contributed by atoms with van der Waals surface area (Å²) in [7, 11) is 0. The average Bonchev–Trinajstić information content (AvgIpc) is 3.15. The fourth-order valence-electron chi connectivity index (χ4n) is 3.52. The second-order valence-electron chi connectivity index (χ2n) is 7.70. The third-order valence-corrected chi connectivity index (χ3v) is 4.87. The molecule has 2 aromatic carbocycles. The van der Waals surface area contributed by atoms with Gasteiger partial charge in [0.1, 0.15) is 17.0 Å². The van der Waals surface area contributed by atoms with Crippen molar-refractivity contribution in [1.82, 2.24) is 9.38 Å². The number of fused-ring (bicyclic) bond motifs is 1. The molecule has 164 valence electrons. The van der Waals surface area contributed by atoms with Crippen LogP contribution in [-0.4, -0.2) is 15.3 Å². The van der Waals surface area contributed by atoms with E-state index in [1.54, 1.807) is 68.4 Å². The van der Waals surface area contributed by atoms with Gasteiger partial charge in [-0.3, -0.25) is 9.20 Å². The fraction of sp³-hybridized carbons (Fsp3) is 0.167. The van der Waals surface area contributed by atoms with E-state index < -0.39 is 23.4 Å². The summed E-state index contributed by atoms with van der Waals surface area (Å²) < 4.78 is 48.9. The Morgan fingerprint density at radius 3 is 2.22 bits per heavy atom. The number of aromatic nitrogens is 2. The van der Waals surface area contributed by atoms with Gasteiger partial charge in [-0.05, 0) is 50.2 Å². The third-order valence-electron chi connectivity index (χ3n) is 4.87. The summed E-state index contributed by atoms with van der Waals surface area (Å²) in [5, 5.41) is 2.71. The monoisotopic (exact) mass is 439 g/mol. The Hall–Kier alpha value is -3.81. The molecule has 4 aromatic rings. The van der Waals surface area contributed by atoms with Gasteiger partial charge in [-0.2, -0.15) is 13.2 Å². The average molecular weight is 439 g/mol. The maximum atomic E-state index is 13.9. The van der Waals surface area contributed by atoms with E-state index >= 15 is 0 Å². The molecule has 0 aliphatic heterocycles. The van der Waals surface area contributed by atoms with Gasteiger partial charge in [-0.25, -0.2) is 4.98 Å². The van der Waals surface area contributed by atoms with Crippen LogP contribution in [0.3, 0.4) is 0 Å². The number of carbonyl (C=O) groups is 1. The number of alkyl halides is 3. The normalized spacial score (nSPS) is 12.0. The lowest BCUT2D eigenvalue weighted by atomic mass is 10.0. The minimum atomic E-state index is -4.70. The molecule has 0 bridgehead atoms. The van der Waals surface area contributed by atoms with Crippen LogP contribution in [0.15, 0.2) is 79.0 Å². The fourth-order valence-corrected chi connectivity index (χ4v) is 3.52. The molecule has 4 rings (SSSR count). The largest absolute Gasteiger partial charge is 0.482 e. The number of halogens is 3. The first-order valence-corrected chi connectivity index (χ1v) is 9.85. The number of carbonyl (C=O) groups excluding carboxylic acids is 1. The number of ether oxygens (including phenoxy) is 1. The molecule has 1 N–H and O–H groups in total. The van der Waals surface area contributed by atoms with E-state index in [9.17, 15) is 18.0 Å². The molecule has 0 aliphatic rings. The zero-order chi connectivity index (χ0) is 22.9. The van der Waals surface area contributed by atoms with E-state index in [1.165, 1.54) is 22.7 Å². The van der Waals surface area contributed by atoms with Gasteiger partial charge in [0.15, 0.2) is 5.69 Å². The molecule has 0 spiro atoms. The van der Waals surface area contributed by atoms with Crippen LogP contribution in [0.4, 0.5) is 18.9 Å². The maximum Gasteiger partial charge on any atom is 0.435 e. The minimum Gasteiger partial charge on any atom is -0.482 e. The highest BCUT2D eigenvalue weighted by Gasteiger charge is 2.43. The van der Waals surface area contributed by atoms with Crippen molar-refractivity contribution in [2.24, 2.45) is 0 Å². The number of para-hydroxylation sites is 2. The van der Waals surface area contributed by atoms with Crippen LogP contribution in [-0.2, 0) is 11.8 Å². The molecule has 2 heterocycles. The number of nitrogens with zero attached hydrogens (tertiary/aromatic N) is 2. The highest BCUT2D eigenvalue weighted by atomic mass is 19.4. The number of hydrogen-bond donors (Lipinski definition) is 1. The molecular weight excluding hydrogens is 419 g/mol. The first-order valence-electron chi connectivity index (χ1n) is 9.85. The molecule has 0 saturated heterocycles. The molecule has 1 amide bonds. The summed E-state index contributed by atoms with van der Waals surface area (Å²) in [5.74, 6) is -0.0176. The highest BCUT2D eigenvalue weighted by molar-refractivity contribution is 6.04. The van der Waals surface area contributed by atoms with Crippen molar-refractivity contribution >= 4 is 17.2 Å². The van der Waals surface area contributed by atoms with E-state index in [-0.39, 0.29) is 16.9 Å². The number of benzene rings is 2. The number of hydrogen-bond acceptors (Lipinski definition) is 3. The second-order valence-corrected chi connectivity index (χ2v) is 7.70. The Labute approximate surface area is 182 Å². The van der Waals surface area contributed by atoms with E-state index in [0.29, 0.717) is 11.4 Å². The standard InChI is InChI=1S/C24H20F3N3O2/c1-23(2,32-18-11-7-4-8-12-18)21-20(24(25,26)27)29-19-15-16(13-14-30(19)21)22(31)28-17-9-5-3-6-10-17/h3-15H,1-2H3,(H,28,31). The number of amides is 1. The van der Waals surface area contributed by atoms with Crippen LogP contribution in [0.5, 0.6) is 5.75 Å². The van der Waals surface area contributed by atoms with Crippen molar-refractivity contribution in [1.29, 1.82) is 0 Å². The van der Waals surface area contributed by atoms with Gasteiger partial charge < -0.3 is 10.1 Å². The smallest absolute Gasteiger partial charge is 0.435 e. The second kappa shape index (κ2) is 8.03. The predicted molar refractivity (Wildman–Crippen MR) is 115 cm³/mol. The van der Waals surface area contributed by atoms with Crippen LogP contribution in [0.25, 0.3) is 5.65 Å². The highest BCUT2D eigenvalue weighted by Crippen LogP contribution is 2.39. The van der Waals surface area contributed by atoms with E-state index in [1.807, 2.05) is 6.07 Å². The zero-order valence-electron chi connectivity index (χ0n) is 17.4. The van der Waals surface area contributed by atoms with E-state index in [0.717, 1.165) is 0 Å². The summed E-state index contributed by atoms with van der Waals surface area (Å²) in [6.07, 6.45) is -3.30. The lowest BCUT2D eigenvalue weighted by Gasteiger charge is -2.28. The molecule has 8 heteroatoms. The summed E-state index contributed by atoms with van der Waals surface area (Å²) in [4.78, 5) is 16.4. The number of pyridine rings is 1. The first-order chi connectivity index (χ1) is 15.1. The van der Waals surface area contributed by atoms with Crippen molar-refractivity contribution in [3.63, 3.8) is 0 Å². The van der Waals surface area contributed by atoms with Gasteiger partial charge in [0.25, 0.3) is 5.91 Å². The van der Waals surface area contributed by atoms with Gasteiger partial charge in [-0.1, -0.05) is 36.4 Å². The van der Waals surface area contributed by atoms with Crippen LogP contribution < -0.4 is 10.1 Å². The quantitative estimate of drug-likeness (QED) is 0.420. The molecule has 0 atom stereocenters. The van der Waals surface area contributed by atoms with Crippen molar-refractivity contribution in [2.45, 2.75) is 25.6 Å². The maximum absolute atomic E-state index is 13.9. The van der Waals surface area contributed by atoms with Crippen molar-refractivity contribution in [3.8, 4) is 5.75 Å². The Kier molecular flexibility index (Phi) is 5.38. The third kappa shape index (κ3) is 4.30. The Morgan fingerprint density at radius 2 is 1.59 bits per heavy atom. The zero-order valence-corrected chi connectivity index (χ0v) is 17.4. The van der Waals surface area contributed by atoms with Crippen molar-refractivity contribution in [2.75, 3.05) is 5.32 Å². The Balaban J connectivity index is 1.76. The van der Waals surface area contributed by atoms with Crippen LogP contribution in [0.1, 0.15) is 35.6 Å². The first kappa shape index (κ1) is 21.4. The molecule has 0 fully saturated rings. The van der Waals surface area contributed by atoms with Gasteiger partial charge >= 0.3 is 6.18 Å². The SMILES string of the molecule is CC(C)(Oc1ccccc1)c1c(C(F)(F)F)nc2cc(C(=O)Nc3ccccc3)ccn12. The van der Waals surface area contributed by atoms with Gasteiger partial charge in [0.05, 0.1) is 5.69 Å². The molecule has 0 radical (unpaired) electrons. The number of imidazole rings is 1. The minimum absolute atomic E-state index is 0.00206. The topological polar surface area (TPSA) is 55.6 Å². The van der Waals surface area contributed by atoms with Crippen LogP contribution in [0.2, 0.25) is 0 Å². The molecule has 0 saturated carbocycles.